The number of hydrogen-bond donors (Lipinski definition) is 0. The van der Waals surface area contributed by atoms with Crippen molar-refractivity contribution in [2.75, 3.05) is 0 Å². The van der Waals surface area contributed by atoms with Crippen LogP contribution in [0.1, 0.15) is 0 Å². The van der Waals surface area contributed by atoms with E-state index in [1.807, 2.05) is 0 Å². The fourth-order valence-corrected chi connectivity index (χ4v) is 0.595. The molecule has 1 aromatic heterocycles. The van der Waals surface area contributed by atoms with Crippen molar-refractivity contribution in [3.8, 4) is 5.75 Å². The van der Waals surface area contributed by atoms with E-state index in [1.165, 1.54) is 0 Å². The van der Waals surface area contributed by atoms with Crippen molar-refractivity contribution in [2.24, 2.45) is 0 Å². The number of nitrogens with zero attached hydrogens (tertiary/aromatic N) is 1. The second-order valence-electron chi connectivity index (χ2n) is 1.99. The maximum absolute atomic E-state index is 12.5. The summed E-state index contributed by atoms with van der Waals surface area (Å²) in [6, 6.07) is 0.196. The van der Waals surface area contributed by atoms with E-state index in [2.05, 4.69) is 9.72 Å². The molecule has 0 spiro atoms. The number of aromatic nitrogens is 1. The number of pyridine rings is 1. The van der Waals surface area contributed by atoms with Crippen LogP contribution in [0.15, 0.2) is 12.3 Å². The monoisotopic (exact) mass is 199 g/mol. The molecule has 72 valence electrons. The van der Waals surface area contributed by atoms with Gasteiger partial charge in [-0.3, -0.25) is 0 Å². The molecule has 0 N–H and O–H groups in total. The van der Waals surface area contributed by atoms with E-state index in [0.29, 0.717) is 6.20 Å². The Hall–Kier alpha value is -1.40. The molecule has 0 aliphatic carbocycles. The van der Waals surface area contributed by atoms with Crippen LogP contribution in [0, 0.1) is 11.8 Å². The van der Waals surface area contributed by atoms with E-state index in [1.54, 1.807) is 0 Å². The van der Waals surface area contributed by atoms with Crippen molar-refractivity contribution in [1.82, 2.24) is 4.98 Å². The zero-order chi connectivity index (χ0) is 10.1. The summed E-state index contributed by atoms with van der Waals surface area (Å²) >= 11 is 0. The lowest BCUT2D eigenvalue weighted by Crippen LogP contribution is -2.18. The molecule has 0 atom stereocenters. The molecule has 1 aromatic rings. The normalized spacial score (nSPS) is 11.5. The van der Waals surface area contributed by atoms with Gasteiger partial charge in [-0.1, -0.05) is 0 Å². The molecule has 0 aliphatic rings. The Labute approximate surface area is 69.0 Å². The van der Waals surface area contributed by atoms with Crippen molar-refractivity contribution >= 4 is 0 Å². The summed E-state index contributed by atoms with van der Waals surface area (Å²) in [6.07, 6.45) is -4.70. The first-order valence-electron chi connectivity index (χ1n) is 2.95. The Bertz CT molecular complexity index is 310. The molecule has 0 aliphatic heterocycles. The van der Waals surface area contributed by atoms with Gasteiger partial charge in [-0.25, -0.2) is 9.37 Å². The van der Waals surface area contributed by atoms with Crippen molar-refractivity contribution in [1.29, 1.82) is 0 Å². The quantitative estimate of drug-likeness (QED) is 0.511. The van der Waals surface area contributed by atoms with E-state index < -0.39 is 23.9 Å². The highest BCUT2D eigenvalue weighted by molar-refractivity contribution is 5.19. The van der Waals surface area contributed by atoms with Crippen LogP contribution in [-0.4, -0.2) is 11.3 Å². The number of hydrogen-bond acceptors (Lipinski definition) is 2. The average Bonchev–Trinajstić information content (AvgIpc) is 1.93. The molecular formula is C6H2F5NO. The van der Waals surface area contributed by atoms with E-state index >= 15 is 0 Å². The van der Waals surface area contributed by atoms with E-state index in [0.717, 1.165) is 0 Å². The van der Waals surface area contributed by atoms with E-state index in [9.17, 15) is 22.0 Å². The maximum atomic E-state index is 12.5. The summed E-state index contributed by atoms with van der Waals surface area (Å²) in [5.41, 5.74) is 0. The van der Waals surface area contributed by atoms with Gasteiger partial charge in [0.2, 0.25) is 5.95 Å². The number of alkyl halides is 3. The lowest BCUT2D eigenvalue weighted by molar-refractivity contribution is -0.275. The second kappa shape index (κ2) is 3.15. The zero-order valence-electron chi connectivity index (χ0n) is 5.90. The molecule has 1 rings (SSSR count). The molecular weight excluding hydrogens is 197 g/mol. The maximum Gasteiger partial charge on any atom is 0.573 e. The average molecular weight is 199 g/mol. The second-order valence-corrected chi connectivity index (χ2v) is 1.99. The summed E-state index contributed by atoms with van der Waals surface area (Å²) in [5.74, 6) is -3.83. The summed E-state index contributed by atoms with van der Waals surface area (Å²) in [4.78, 5) is 2.79. The van der Waals surface area contributed by atoms with Gasteiger partial charge in [-0.15, -0.1) is 13.2 Å². The molecule has 1 heterocycles. The van der Waals surface area contributed by atoms with E-state index in [-0.39, 0.29) is 6.07 Å². The van der Waals surface area contributed by atoms with Crippen molar-refractivity contribution in [2.45, 2.75) is 6.36 Å². The van der Waals surface area contributed by atoms with Crippen molar-refractivity contribution < 1.29 is 26.7 Å². The first kappa shape index (κ1) is 9.69. The largest absolute Gasteiger partial charge is 0.573 e. The Morgan fingerprint density at radius 1 is 1.23 bits per heavy atom. The zero-order valence-corrected chi connectivity index (χ0v) is 5.90. The highest BCUT2D eigenvalue weighted by Crippen LogP contribution is 2.24. The standard InChI is InChI=1S/C6H2F5NO/c7-3-1-5(8)12-2-4(3)13-6(9,10)11/h1-2H. The topological polar surface area (TPSA) is 22.1 Å². The lowest BCUT2D eigenvalue weighted by atomic mass is 10.4. The molecule has 0 aromatic carbocycles. The highest BCUT2D eigenvalue weighted by atomic mass is 19.4. The number of rotatable bonds is 1. The summed E-state index contributed by atoms with van der Waals surface area (Å²) in [6.45, 7) is 0. The summed E-state index contributed by atoms with van der Waals surface area (Å²) in [5, 5.41) is 0. The van der Waals surface area contributed by atoms with Gasteiger partial charge < -0.3 is 4.74 Å². The molecule has 0 bridgehead atoms. The minimum atomic E-state index is -5.01. The van der Waals surface area contributed by atoms with Gasteiger partial charge in [-0.2, -0.15) is 4.39 Å². The molecule has 0 fully saturated rings. The van der Waals surface area contributed by atoms with Crippen LogP contribution in [0.2, 0.25) is 0 Å². The number of halogens is 5. The minimum Gasteiger partial charge on any atom is -0.401 e. The molecule has 0 amide bonds. The van der Waals surface area contributed by atoms with Gasteiger partial charge in [0, 0.05) is 6.07 Å². The smallest absolute Gasteiger partial charge is 0.401 e. The van der Waals surface area contributed by atoms with E-state index in [4.69, 9.17) is 0 Å². The third kappa shape index (κ3) is 2.85. The van der Waals surface area contributed by atoms with Crippen LogP contribution in [0.3, 0.4) is 0 Å². The van der Waals surface area contributed by atoms with Crippen LogP contribution in [0.5, 0.6) is 5.75 Å². The molecule has 0 radical (unpaired) electrons. The van der Waals surface area contributed by atoms with Crippen LogP contribution in [0.25, 0.3) is 0 Å². The fraction of sp³-hybridized carbons (Fsp3) is 0.167. The first-order chi connectivity index (χ1) is 5.88. The van der Waals surface area contributed by atoms with Gasteiger partial charge in [0.05, 0.1) is 6.20 Å². The Morgan fingerprint density at radius 2 is 1.85 bits per heavy atom. The fourth-order valence-electron chi connectivity index (χ4n) is 0.595. The molecule has 0 saturated carbocycles. The first-order valence-corrected chi connectivity index (χ1v) is 2.95. The van der Waals surface area contributed by atoms with Crippen LogP contribution < -0.4 is 4.74 Å². The SMILES string of the molecule is Fc1cc(F)c(OC(F)(F)F)cn1. The predicted octanol–water partition coefficient (Wildman–Crippen LogP) is 2.26. The number of ether oxygens (including phenoxy) is 1. The van der Waals surface area contributed by atoms with Gasteiger partial charge in [0.1, 0.15) is 0 Å². The molecule has 0 unspecified atom stereocenters. The van der Waals surface area contributed by atoms with Crippen LogP contribution >= 0.6 is 0 Å². The molecule has 13 heavy (non-hydrogen) atoms. The van der Waals surface area contributed by atoms with Gasteiger partial charge >= 0.3 is 6.36 Å². The van der Waals surface area contributed by atoms with Crippen LogP contribution in [-0.2, 0) is 0 Å². The van der Waals surface area contributed by atoms with Crippen molar-refractivity contribution in [3.05, 3.63) is 24.0 Å². The van der Waals surface area contributed by atoms with Gasteiger partial charge in [-0.05, 0) is 0 Å². The Kier molecular flexibility index (Phi) is 2.35. The molecule has 2 nitrogen and oxygen atoms in total. The third-order valence-electron chi connectivity index (χ3n) is 1.01. The van der Waals surface area contributed by atoms with Gasteiger partial charge in [0.15, 0.2) is 11.6 Å². The van der Waals surface area contributed by atoms with Crippen LogP contribution in [0.4, 0.5) is 22.0 Å². The summed E-state index contributed by atoms with van der Waals surface area (Å²) in [7, 11) is 0. The molecule has 0 saturated heterocycles. The van der Waals surface area contributed by atoms with Crippen molar-refractivity contribution in [3.63, 3.8) is 0 Å². The van der Waals surface area contributed by atoms with Gasteiger partial charge in [0.25, 0.3) is 0 Å². The third-order valence-corrected chi connectivity index (χ3v) is 1.01. The minimum absolute atomic E-state index is 0.196. The summed E-state index contributed by atoms with van der Waals surface area (Å²) < 4.78 is 62.3. The lowest BCUT2D eigenvalue weighted by Gasteiger charge is -2.08. The Balaban J connectivity index is 2.90. The Morgan fingerprint density at radius 3 is 2.31 bits per heavy atom. The highest BCUT2D eigenvalue weighted by Gasteiger charge is 2.32. The predicted molar refractivity (Wildman–Crippen MR) is 30.8 cm³/mol. The molecule has 7 heteroatoms.